The Balaban J connectivity index is 1.77. The fourth-order valence-electron chi connectivity index (χ4n) is 3.81. The third-order valence-electron chi connectivity index (χ3n) is 5.54. The standard InChI is InChI=1S/C22H39N5/c1-4-26(5-2)16-10-9-15-24-22(23-3)25-19-21(27-17-11-12-18-27)20-13-7-6-8-14-20/h6-8,13-14,21H,4-5,9-12,15-19H2,1-3H3,(H2,23,24,25). The lowest BCUT2D eigenvalue weighted by molar-refractivity contribution is 0.245. The molecule has 0 bridgehead atoms. The second-order valence-corrected chi connectivity index (χ2v) is 7.28. The first-order valence-corrected chi connectivity index (χ1v) is 10.7. The molecule has 2 N–H and O–H groups in total. The van der Waals surface area contributed by atoms with Crippen LogP contribution in [0.3, 0.4) is 0 Å². The van der Waals surface area contributed by atoms with E-state index in [1.54, 1.807) is 0 Å². The summed E-state index contributed by atoms with van der Waals surface area (Å²) in [5.74, 6) is 0.915. The Bertz CT molecular complexity index is 521. The van der Waals surface area contributed by atoms with Gasteiger partial charge in [0, 0.05) is 20.1 Å². The largest absolute Gasteiger partial charge is 0.356 e. The van der Waals surface area contributed by atoms with E-state index in [9.17, 15) is 0 Å². The van der Waals surface area contributed by atoms with Gasteiger partial charge in [0.15, 0.2) is 5.96 Å². The number of rotatable bonds is 11. The van der Waals surface area contributed by atoms with Crippen molar-refractivity contribution in [2.45, 2.75) is 45.6 Å². The van der Waals surface area contributed by atoms with Gasteiger partial charge >= 0.3 is 0 Å². The van der Waals surface area contributed by atoms with Crippen molar-refractivity contribution in [3.8, 4) is 0 Å². The normalized spacial score (nSPS) is 16.7. The molecule has 1 aromatic rings. The van der Waals surface area contributed by atoms with Crippen LogP contribution in [0.25, 0.3) is 0 Å². The summed E-state index contributed by atoms with van der Waals surface area (Å²) in [6.45, 7) is 12.2. The maximum atomic E-state index is 4.41. The summed E-state index contributed by atoms with van der Waals surface area (Å²) >= 11 is 0. The van der Waals surface area contributed by atoms with Crippen molar-refractivity contribution < 1.29 is 0 Å². The Morgan fingerprint density at radius 2 is 1.78 bits per heavy atom. The maximum Gasteiger partial charge on any atom is 0.191 e. The van der Waals surface area contributed by atoms with Crippen LogP contribution in [0, 0.1) is 0 Å². The van der Waals surface area contributed by atoms with Crippen molar-refractivity contribution in [1.29, 1.82) is 0 Å². The van der Waals surface area contributed by atoms with Crippen LogP contribution in [0.5, 0.6) is 0 Å². The van der Waals surface area contributed by atoms with Crippen molar-refractivity contribution in [3.63, 3.8) is 0 Å². The number of hydrogen-bond acceptors (Lipinski definition) is 3. The van der Waals surface area contributed by atoms with E-state index in [-0.39, 0.29) is 0 Å². The molecule has 5 nitrogen and oxygen atoms in total. The van der Waals surface area contributed by atoms with Gasteiger partial charge in [0.05, 0.1) is 6.04 Å². The summed E-state index contributed by atoms with van der Waals surface area (Å²) in [4.78, 5) is 9.49. The van der Waals surface area contributed by atoms with Crippen LogP contribution in [-0.4, -0.2) is 68.6 Å². The molecule has 1 fully saturated rings. The van der Waals surface area contributed by atoms with Crippen LogP contribution in [0.2, 0.25) is 0 Å². The van der Waals surface area contributed by atoms with Gasteiger partial charge in [-0.05, 0) is 64.0 Å². The molecule has 0 spiro atoms. The van der Waals surface area contributed by atoms with Crippen molar-refractivity contribution in [3.05, 3.63) is 35.9 Å². The smallest absolute Gasteiger partial charge is 0.191 e. The number of unbranched alkanes of at least 4 members (excludes halogenated alkanes) is 1. The van der Waals surface area contributed by atoms with E-state index in [1.165, 1.54) is 50.9 Å². The van der Waals surface area contributed by atoms with Crippen molar-refractivity contribution in [1.82, 2.24) is 20.4 Å². The van der Waals surface area contributed by atoms with Gasteiger partial charge in [-0.3, -0.25) is 9.89 Å². The number of likely N-dealkylation sites (tertiary alicyclic amines) is 1. The molecular weight excluding hydrogens is 334 g/mol. The van der Waals surface area contributed by atoms with Gasteiger partial charge in [0.2, 0.25) is 0 Å². The summed E-state index contributed by atoms with van der Waals surface area (Å²) in [7, 11) is 1.86. The molecular formula is C22H39N5. The molecule has 1 atom stereocenters. The number of guanidine groups is 1. The zero-order valence-corrected chi connectivity index (χ0v) is 17.6. The molecule has 0 saturated carbocycles. The van der Waals surface area contributed by atoms with E-state index in [1.807, 2.05) is 7.05 Å². The molecule has 2 rings (SSSR count). The third kappa shape index (κ3) is 7.51. The first-order valence-electron chi connectivity index (χ1n) is 10.7. The third-order valence-corrected chi connectivity index (χ3v) is 5.54. The van der Waals surface area contributed by atoms with E-state index >= 15 is 0 Å². The molecule has 152 valence electrons. The van der Waals surface area contributed by atoms with Gasteiger partial charge < -0.3 is 15.5 Å². The number of benzene rings is 1. The molecule has 1 saturated heterocycles. The quantitative estimate of drug-likeness (QED) is 0.355. The Labute approximate surface area is 166 Å². The molecule has 5 heteroatoms. The summed E-state index contributed by atoms with van der Waals surface area (Å²) in [6.07, 6.45) is 5.02. The van der Waals surface area contributed by atoms with Gasteiger partial charge in [-0.1, -0.05) is 44.2 Å². The SMILES string of the molecule is CCN(CC)CCCCNC(=NC)NCC(c1ccccc1)N1CCCC1. The highest BCUT2D eigenvalue weighted by Crippen LogP contribution is 2.24. The predicted molar refractivity (Wildman–Crippen MR) is 116 cm³/mol. The molecule has 1 unspecified atom stereocenters. The molecule has 0 aromatic heterocycles. The molecule has 0 radical (unpaired) electrons. The number of nitrogens with zero attached hydrogens (tertiary/aromatic N) is 3. The molecule has 0 amide bonds. The lowest BCUT2D eigenvalue weighted by Gasteiger charge is -2.29. The van der Waals surface area contributed by atoms with Gasteiger partial charge in [-0.25, -0.2) is 0 Å². The van der Waals surface area contributed by atoms with Crippen molar-refractivity contribution >= 4 is 5.96 Å². The van der Waals surface area contributed by atoms with Crippen LogP contribution in [0.15, 0.2) is 35.3 Å². The average Bonchev–Trinajstić information content (AvgIpc) is 3.24. The highest BCUT2D eigenvalue weighted by Gasteiger charge is 2.23. The molecule has 0 aliphatic carbocycles. The fraction of sp³-hybridized carbons (Fsp3) is 0.682. The van der Waals surface area contributed by atoms with E-state index in [2.05, 4.69) is 69.6 Å². The number of hydrogen-bond donors (Lipinski definition) is 2. The highest BCUT2D eigenvalue weighted by atomic mass is 15.2. The van der Waals surface area contributed by atoms with Crippen molar-refractivity contribution in [2.75, 3.05) is 52.9 Å². The van der Waals surface area contributed by atoms with Crippen molar-refractivity contribution in [2.24, 2.45) is 4.99 Å². The van der Waals surface area contributed by atoms with Gasteiger partial charge in [-0.2, -0.15) is 0 Å². The van der Waals surface area contributed by atoms with E-state index in [0.717, 1.165) is 32.1 Å². The molecule has 1 aliphatic heterocycles. The first kappa shape index (κ1) is 21.7. The zero-order chi connectivity index (χ0) is 19.3. The minimum Gasteiger partial charge on any atom is -0.356 e. The summed E-state index contributed by atoms with van der Waals surface area (Å²) < 4.78 is 0. The van der Waals surface area contributed by atoms with Crippen LogP contribution < -0.4 is 10.6 Å². The fourth-order valence-corrected chi connectivity index (χ4v) is 3.81. The van der Waals surface area contributed by atoms with Crippen LogP contribution in [0.1, 0.15) is 51.1 Å². The van der Waals surface area contributed by atoms with Crippen LogP contribution >= 0.6 is 0 Å². The van der Waals surface area contributed by atoms with E-state index < -0.39 is 0 Å². The van der Waals surface area contributed by atoms with Gasteiger partial charge in [-0.15, -0.1) is 0 Å². The first-order chi connectivity index (χ1) is 13.3. The Hall–Kier alpha value is -1.59. The number of aliphatic imine (C=N–C) groups is 1. The summed E-state index contributed by atoms with van der Waals surface area (Å²) in [5.41, 5.74) is 1.39. The lowest BCUT2D eigenvalue weighted by Crippen LogP contribution is -2.43. The van der Waals surface area contributed by atoms with Gasteiger partial charge in [0.1, 0.15) is 0 Å². The molecule has 1 aliphatic rings. The lowest BCUT2D eigenvalue weighted by atomic mass is 10.1. The average molecular weight is 374 g/mol. The number of nitrogens with one attached hydrogen (secondary N) is 2. The molecule has 1 aromatic carbocycles. The van der Waals surface area contributed by atoms with Crippen LogP contribution in [-0.2, 0) is 0 Å². The second-order valence-electron chi connectivity index (χ2n) is 7.28. The van der Waals surface area contributed by atoms with E-state index in [4.69, 9.17) is 0 Å². The van der Waals surface area contributed by atoms with Crippen LogP contribution in [0.4, 0.5) is 0 Å². The Morgan fingerprint density at radius 3 is 2.41 bits per heavy atom. The Morgan fingerprint density at radius 1 is 1.07 bits per heavy atom. The molecule has 27 heavy (non-hydrogen) atoms. The maximum absolute atomic E-state index is 4.41. The predicted octanol–water partition coefficient (Wildman–Crippen LogP) is 3.11. The Kier molecular flexibility index (Phi) is 10.2. The summed E-state index contributed by atoms with van der Waals surface area (Å²) in [5, 5.41) is 7.03. The zero-order valence-electron chi connectivity index (χ0n) is 17.6. The minimum absolute atomic E-state index is 0.412. The topological polar surface area (TPSA) is 42.9 Å². The van der Waals surface area contributed by atoms with Gasteiger partial charge in [0.25, 0.3) is 0 Å². The molecule has 1 heterocycles. The summed E-state index contributed by atoms with van der Waals surface area (Å²) in [6, 6.07) is 11.3. The highest BCUT2D eigenvalue weighted by molar-refractivity contribution is 5.79. The second kappa shape index (κ2) is 12.7. The minimum atomic E-state index is 0.412. The monoisotopic (exact) mass is 373 g/mol. The van der Waals surface area contributed by atoms with E-state index in [0.29, 0.717) is 6.04 Å².